The maximum absolute atomic E-state index is 6.19. The molecule has 0 N–H and O–H groups in total. The Kier molecular flexibility index (Phi) is 5.25. The molecule has 0 amide bonds. The Bertz CT molecular complexity index is 158. The molecule has 0 aromatic rings. The summed E-state index contributed by atoms with van der Waals surface area (Å²) >= 11 is 6.19. The van der Waals surface area contributed by atoms with Crippen LogP contribution >= 0.6 is 11.6 Å². The highest BCUT2D eigenvalue weighted by Crippen LogP contribution is 2.24. The highest BCUT2D eigenvalue weighted by Gasteiger charge is 2.21. The predicted molar refractivity (Wildman–Crippen MR) is 61.9 cm³/mol. The van der Waals surface area contributed by atoms with Gasteiger partial charge >= 0.3 is 0 Å². The van der Waals surface area contributed by atoms with E-state index in [1.165, 1.54) is 25.7 Å². The highest BCUT2D eigenvalue weighted by molar-refractivity contribution is 6.20. The normalized spacial score (nSPS) is 29.8. The molecule has 0 aromatic heterocycles. The third-order valence-corrected chi connectivity index (χ3v) is 3.77. The minimum Gasteiger partial charge on any atom is -0.375 e. The average molecular weight is 219 g/mol. The number of rotatable bonds is 5. The summed E-state index contributed by atoms with van der Waals surface area (Å²) in [5.74, 6) is 0.597. The topological polar surface area (TPSA) is 9.23 Å². The molecule has 0 radical (unpaired) electrons. The second kappa shape index (κ2) is 5.97. The number of halogens is 1. The first-order valence-corrected chi connectivity index (χ1v) is 6.32. The van der Waals surface area contributed by atoms with Crippen LogP contribution in [-0.2, 0) is 4.74 Å². The van der Waals surface area contributed by atoms with Crippen molar-refractivity contribution < 1.29 is 4.74 Å². The molecule has 0 saturated carbocycles. The molecule has 1 nitrogen and oxygen atoms in total. The van der Waals surface area contributed by atoms with Gasteiger partial charge in [0.15, 0.2) is 0 Å². The quantitative estimate of drug-likeness (QED) is 0.635. The number of hydrogen-bond donors (Lipinski definition) is 0. The van der Waals surface area contributed by atoms with Crippen LogP contribution in [0.25, 0.3) is 0 Å². The maximum atomic E-state index is 6.19. The van der Waals surface area contributed by atoms with Crippen molar-refractivity contribution in [3.63, 3.8) is 0 Å². The first-order chi connectivity index (χ1) is 6.59. The van der Waals surface area contributed by atoms with Crippen LogP contribution in [0.15, 0.2) is 0 Å². The molecule has 1 aliphatic rings. The van der Waals surface area contributed by atoms with Crippen molar-refractivity contribution in [1.29, 1.82) is 0 Å². The summed E-state index contributed by atoms with van der Waals surface area (Å²) in [6, 6.07) is 0. The fourth-order valence-electron chi connectivity index (χ4n) is 1.97. The van der Waals surface area contributed by atoms with E-state index in [1.807, 2.05) is 0 Å². The lowest BCUT2D eigenvalue weighted by atomic mass is 10.0. The van der Waals surface area contributed by atoms with Gasteiger partial charge in [-0.05, 0) is 44.9 Å². The van der Waals surface area contributed by atoms with Crippen molar-refractivity contribution in [3.05, 3.63) is 0 Å². The summed E-state index contributed by atoms with van der Waals surface area (Å²) < 4.78 is 5.76. The van der Waals surface area contributed by atoms with Crippen LogP contribution in [0.2, 0.25) is 0 Å². The van der Waals surface area contributed by atoms with Gasteiger partial charge < -0.3 is 4.74 Å². The Balaban J connectivity index is 2.04. The van der Waals surface area contributed by atoms with E-state index in [9.17, 15) is 0 Å². The van der Waals surface area contributed by atoms with Gasteiger partial charge in [0.2, 0.25) is 0 Å². The van der Waals surface area contributed by atoms with E-state index in [1.54, 1.807) is 0 Å². The van der Waals surface area contributed by atoms with E-state index in [2.05, 4.69) is 20.8 Å². The van der Waals surface area contributed by atoms with E-state index < -0.39 is 0 Å². The molecule has 1 fully saturated rings. The van der Waals surface area contributed by atoms with Crippen molar-refractivity contribution in [1.82, 2.24) is 0 Å². The molecular formula is C12H23ClO. The second-order valence-corrected chi connectivity index (χ2v) is 5.40. The largest absolute Gasteiger partial charge is 0.375 e. The number of ether oxygens (including phenoxy) is 1. The third kappa shape index (κ3) is 4.18. The zero-order valence-electron chi connectivity index (χ0n) is 9.63. The lowest BCUT2D eigenvalue weighted by molar-refractivity contribution is 0.0494. The summed E-state index contributed by atoms with van der Waals surface area (Å²) in [6.07, 6.45) is 7.02. The van der Waals surface area contributed by atoms with Crippen LogP contribution in [0.5, 0.6) is 0 Å². The molecule has 2 heteroatoms. The minimum atomic E-state index is 0.342. The Labute approximate surface area is 93.2 Å². The Morgan fingerprint density at radius 1 is 1.36 bits per heavy atom. The lowest BCUT2D eigenvalue weighted by Gasteiger charge is -2.15. The summed E-state index contributed by atoms with van der Waals surface area (Å²) in [6.45, 7) is 6.54. The minimum absolute atomic E-state index is 0.342. The predicted octanol–water partition coefficient (Wildman–Crippen LogP) is 3.99. The zero-order chi connectivity index (χ0) is 10.6. The van der Waals surface area contributed by atoms with Gasteiger partial charge in [-0.15, -0.1) is 11.6 Å². The maximum Gasteiger partial charge on any atom is 0.0579 e. The van der Waals surface area contributed by atoms with Crippen LogP contribution in [0.3, 0.4) is 0 Å². The molecule has 84 valence electrons. The summed E-state index contributed by atoms with van der Waals surface area (Å²) in [7, 11) is 0. The van der Waals surface area contributed by atoms with Crippen molar-refractivity contribution >= 4 is 11.6 Å². The van der Waals surface area contributed by atoms with Crippen molar-refractivity contribution in [2.24, 2.45) is 5.92 Å². The highest BCUT2D eigenvalue weighted by atomic mass is 35.5. The van der Waals surface area contributed by atoms with E-state index in [-0.39, 0.29) is 0 Å². The first kappa shape index (κ1) is 12.3. The van der Waals surface area contributed by atoms with Gasteiger partial charge in [0.1, 0.15) is 0 Å². The fourth-order valence-corrected chi connectivity index (χ4v) is 2.13. The zero-order valence-corrected chi connectivity index (χ0v) is 10.4. The molecule has 1 rings (SSSR count). The Hall–Kier alpha value is 0.250. The number of hydrogen-bond acceptors (Lipinski definition) is 1. The van der Waals surface area contributed by atoms with Gasteiger partial charge in [0, 0.05) is 5.38 Å². The first-order valence-electron chi connectivity index (χ1n) is 5.89. The van der Waals surface area contributed by atoms with Crippen LogP contribution in [0.1, 0.15) is 52.9 Å². The summed E-state index contributed by atoms with van der Waals surface area (Å²) in [5, 5.41) is 0.342. The molecule has 1 aliphatic heterocycles. The molecular weight excluding hydrogens is 196 g/mol. The lowest BCUT2D eigenvalue weighted by Crippen LogP contribution is -2.11. The van der Waals surface area contributed by atoms with Crippen LogP contribution in [0, 0.1) is 5.92 Å². The van der Waals surface area contributed by atoms with Crippen molar-refractivity contribution in [2.45, 2.75) is 70.5 Å². The molecule has 1 saturated heterocycles. The van der Waals surface area contributed by atoms with Crippen LogP contribution in [-0.4, -0.2) is 17.6 Å². The Morgan fingerprint density at radius 2 is 2.07 bits per heavy atom. The molecule has 3 unspecified atom stereocenters. The van der Waals surface area contributed by atoms with Crippen molar-refractivity contribution in [2.75, 3.05) is 0 Å². The van der Waals surface area contributed by atoms with E-state index >= 15 is 0 Å². The van der Waals surface area contributed by atoms with Crippen molar-refractivity contribution in [3.8, 4) is 0 Å². The van der Waals surface area contributed by atoms with Gasteiger partial charge in [-0.1, -0.05) is 13.8 Å². The standard InChI is InChI=1S/C12H23ClO/c1-9(2)12(13)6-4-5-11-8-7-10(3)14-11/h9-12H,4-8H2,1-3H3. The van der Waals surface area contributed by atoms with E-state index in [0.717, 1.165) is 6.42 Å². The average Bonchev–Trinajstić information content (AvgIpc) is 2.51. The fraction of sp³-hybridized carbons (Fsp3) is 1.00. The SMILES string of the molecule is CC1CCC(CCCC(Cl)C(C)C)O1. The van der Waals surface area contributed by atoms with Gasteiger partial charge in [-0.3, -0.25) is 0 Å². The Morgan fingerprint density at radius 3 is 2.57 bits per heavy atom. The molecule has 0 aliphatic carbocycles. The monoisotopic (exact) mass is 218 g/mol. The second-order valence-electron chi connectivity index (χ2n) is 4.84. The van der Waals surface area contributed by atoms with Crippen LogP contribution in [0.4, 0.5) is 0 Å². The molecule has 1 heterocycles. The smallest absolute Gasteiger partial charge is 0.0579 e. The molecule has 14 heavy (non-hydrogen) atoms. The molecule has 3 atom stereocenters. The van der Waals surface area contributed by atoms with Crippen LogP contribution < -0.4 is 0 Å². The van der Waals surface area contributed by atoms with E-state index in [0.29, 0.717) is 23.5 Å². The molecule has 0 bridgehead atoms. The number of alkyl halides is 1. The van der Waals surface area contributed by atoms with Gasteiger partial charge in [0.25, 0.3) is 0 Å². The molecule has 0 aromatic carbocycles. The van der Waals surface area contributed by atoms with E-state index in [4.69, 9.17) is 16.3 Å². The third-order valence-electron chi connectivity index (χ3n) is 3.05. The van der Waals surface area contributed by atoms with Gasteiger partial charge in [-0.25, -0.2) is 0 Å². The summed E-state index contributed by atoms with van der Waals surface area (Å²) in [5.41, 5.74) is 0. The van der Waals surface area contributed by atoms with Gasteiger partial charge in [-0.2, -0.15) is 0 Å². The molecule has 0 spiro atoms. The summed E-state index contributed by atoms with van der Waals surface area (Å²) in [4.78, 5) is 0. The van der Waals surface area contributed by atoms with Gasteiger partial charge in [0.05, 0.1) is 12.2 Å².